The van der Waals surface area contributed by atoms with Crippen LogP contribution in [0.4, 0.5) is 0 Å². The van der Waals surface area contributed by atoms with Crippen molar-refractivity contribution in [3.63, 3.8) is 0 Å². The van der Waals surface area contributed by atoms with E-state index >= 15 is 0 Å². The molecule has 5 nitrogen and oxygen atoms in total. The number of rotatable bonds is 2. The number of aromatic nitrogens is 1. The molecular formula is C21H19NO4. The molecule has 1 aliphatic heterocycles. The molecule has 0 amide bonds. The molecule has 2 heterocycles. The van der Waals surface area contributed by atoms with E-state index in [9.17, 15) is 9.59 Å². The summed E-state index contributed by atoms with van der Waals surface area (Å²) >= 11 is 0. The van der Waals surface area contributed by atoms with E-state index in [1.165, 1.54) is 14.0 Å². The second-order valence-corrected chi connectivity index (χ2v) is 6.60. The van der Waals surface area contributed by atoms with Gasteiger partial charge in [0.2, 0.25) is 5.60 Å². The van der Waals surface area contributed by atoms with Crippen molar-refractivity contribution >= 4 is 22.8 Å². The maximum Gasteiger partial charge on any atom is 0.347 e. The predicted octanol–water partition coefficient (Wildman–Crippen LogP) is 3.64. The number of ether oxygens (including phenoxy) is 2. The lowest BCUT2D eigenvalue weighted by Gasteiger charge is -2.37. The Kier molecular flexibility index (Phi) is 3.70. The number of fused-ring (bicyclic) bond motifs is 3. The third-order valence-electron chi connectivity index (χ3n) is 5.06. The molecule has 3 aromatic rings. The molecule has 0 radical (unpaired) electrons. The van der Waals surface area contributed by atoms with E-state index in [1.54, 1.807) is 4.57 Å². The van der Waals surface area contributed by atoms with Gasteiger partial charge in [0.15, 0.2) is 0 Å². The van der Waals surface area contributed by atoms with Gasteiger partial charge in [0.1, 0.15) is 6.10 Å². The van der Waals surface area contributed by atoms with Crippen molar-refractivity contribution in [1.29, 1.82) is 0 Å². The smallest absolute Gasteiger partial charge is 0.347 e. The molecule has 1 aromatic heterocycles. The Morgan fingerprint density at radius 2 is 1.77 bits per heavy atom. The summed E-state index contributed by atoms with van der Waals surface area (Å²) in [4.78, 5) is 25.7. The van der Waals surface area contributed by atoms with Crippen molar-refractivity contribution in [2.75, 3.05) is 7.11 Å². The normalized spacial score (nSPS) is 22.3. The van der Waals surface area contributed by atoms with Crippen molar-refractivity contribution < 1.29 is 19.1 Å². The van der Waals surface area contributed by atoms with Crippen LogP contribution in [0.3, 0.4) is 0 Å². The van der Waals surface area contributed by atoms with Gasteiger partial charge in [-0.25, -0.2) is 4.79 Å². The number of carbonyl (C=O) groups excluding carboxylic acids is 2. The Labute approximate surface area is 151 Å². The highest BCUT2D eigenvalue weighted by molar-refractivity contribution is 6.11. The minimum atomic E-state index is -1.71. The predicted molar refractivity (Wildman–Crippen MR) is 97.1 cm³/mol. The van der Waals surface area contributed by atoms with Crippen LogP contribution in [0.1, 0.15) is 34.6 Å². The number of nitrogens with zero attached hydrogens (tertiary/aromatic N) is 1. The SMILES string of the molecule is COC(=O)C1(C)OC(c2ccccc2)c2c(C)c3ccccc3n2C1=O. The maximum atomic E-state index is 13.3. The van der Waals surface area contributed by atoms with Gasteiger partial charge in [-0.3, -0.25) is 9.36 Å². The number of benzene rings is 2. The summed E-state index contributed by atoms with van der Waals surface area (Å²) in [6.45, 7) is 3.45. The first-order chi connectivity index (χ1) is 12.5. The zero-order chi connectivity index (χ0) is 18.5. The Hall–Kier alpha value is -2.92. The molecule has 0 fully saturated rings. The molecule has 2 unspecified atom stereocenters. The van der Waals surface area contributed by atoms with Crippen LogP contribution in [0.15, 0.2) is 54.6 Å². The third-order valence-corrected chi connectivity index (χ3v) is 5.06. The quantitative estimate of drug-likeness (QED) is 0.523. The molecule has 0 saturated heterocycles. The number of aryl methyl sites for hydroxylation is 1. The fourth-order valence-electron chi connectivity index (χ4n) is 3.69. The van der Waals surface area contributed by atoms with E-state index in [4.69, 9.17) is 9.47 Å². The molecule has 2 atom stereocenters. The highest BCUT2D eigenvalue weighted by Crippen LogP contribution is 2.42. The second-order valence-electron chi connectivity index (χ2n) is 6.60. The van der Waals surface area contributed by atoms with Gasteiger partial charge in [-0.15, -0.1) is 0 Å². The van der Waals surface area contributed by atoms with E-state index in [2.05, 4.69) is 0 Å². The lowest BCUT2D eigenvalue weighted by molar-refractivity contribution is -0.167. The average molecular weight is 349 g/mol. The molecule has 0 spiro atoms. The number of para-hydroxylation sites is 1. The van der Waals surface area contributed by atoms with Crippen molar-refractivity contribution in [2.45, 2.75) is 25.6 Å². The average Bonchev–Trinajstić information content (AvgIpc) is 2.98. The highest BCUT2D eigenvalue weighted by Gasteiger charge is 2.52. The van der Waals surface area contributed by atoms with Crippen LogP contribution in [-0.2, 0) is 14.3 Å². The van der Waals surface area contributed by atoms with Crippen LogP contribution >= 0.6 is 0 Å². The monoisotopic (exact) mass is 349 g/mol. The van der Waals surface area contributed by atoms with Gasteiger partial charge < -0.3 is 9.47 Å². The van der Waals surface area contributed by atoms with E-state index in [-0.39, 0.29) is 0 Å². The van der Waals surface area contributed by atoms with Crippen LogP contribution in [-0.4, -0.2) is 29.2 Å². The lowest BCUT2D eigenvalue weighted by atomic mass is 9.96. The van der Waals surface area contributed by atoms with Crippen LogP contribution in [0.2, 0.25) is 0 Å². The second kappa shape index (κ2) is 5.81. The summed E-state index contributed by atoms with van der Waals surface area (Å²) in [7, 11) is 1.26. The summed E-state index contributed by atoms with van der Waals surface area (Å²) in [5.74, 6) is -1.14. The van der Waals surface area contributed by atoms with Crippen molar-refractivity contribution in [3.8, 4) is 0 Å². The molecule has 2 aromatic carbocycles. The highest BCUT2D eigenvalue weighted by atomic mass is 16.6. The van der Waals surface area contributed by atoms with E-state index in [1.807, 2.05) is 61.5 Å². The van der Waals surface area contributed by atoms with Crippen molar-refractivity contribution in [2.24, 2.45) is 0 Å². The minimum absolute atomic E-state index is 0.434. The van der Waals surface area contributed by atoms with Crippen molar-refractivity contribution in [1.82, 2.24) is 4.57 Å². The molecule has 0 bridgehead atoms. The fraction of sp³-hybridized carbons (Fsp3) is 0.238. The van der Waals surface area contributed by atoms with E-state index in [0.717, 1.165) is 27.7 Å². The molecule has 5 heteroatoms. The summed E-state index contributed by atoms with van der Waals surface area (Å²) in [6.07, 6.45) is -0.551. The molecule has 0 saturated carbocycles. The number of methoxy groups -OCH3 is 1. The Morgan fingerprint density at radius 3 is 2.46 bits per heavy atom. The molecule has 0 aliphatic carbocycles. The summed E-state index contributed by atoms with van der Waals surface area (Å²) in [5.41, 5.74) is 1.65. The molecule has 1 aliphatic rings. The van der Waals surface area contributed by atoms with Crippen LogP contribution in [0, 0.1) is 6.92 Å². The van der Waals surface area contributed by atoms with E-state index < -0.39 is 23.6 Å². The van der Waals surface area contributed by atoms with Gasteiger partial charge in [-0.2, -0.15) is 0 Å². The van der Waals surface area contributed by atoms with Gasteiger partial charge in [0.05, 0.1) is 18.3 Å². The first kappa shape index (κ1) is 16.5. The molecule has 0 N–H and O–H groups in total. The van der Waals surface area contributed by atoms with Gasteiger partial charge in [0.25, 0.3) is 5.91 Å². The summed E-state index contributed by atoms with van der Waals surface area (Å²) < 4.78 is 12.6. The maximum absolute atomic E-state index is 13.3. The van der Waals surface area contributed by atoms with Crippen LogP contribution in [0.25, 0.3) is 10.9 Å². The van der Waals surface area contributed by atoms with Gasteiger partial charge in [0, 0.05) is 5.39 Å². The standard InChI is InChI=1S/C21H19NO4/c1-13-15-11-7-8-12-16(15)22-17(13)18(14-9-5-4-6-10-14)26-21(2,19(22)23)20(24)25-3/h4-12,18H,1-3H3. The van der Waals surface area contributed by atoms with Gasteiger partial charge >= 0.3 is 5.97 Å². The minimum Gasteiger partial charge on any atom is -0.466 e. The summed E-state index contributed by atoms with van der Waals surface area (Å²) in [6, 6.07) is 17.3. The lowest BCUT2D eigenvalue weighted by Crippen LogP contribution is -2.54. The zero-order valence-corrected chi connectivity index (χ0v) is 14.9. The number of hydrogen-bond donors (Lipinski definition) is 0. The Morgan fingerprint density at radius 1 is 1.12 bits per heavy atom. The molecule has 4 rings (SSSR count). The Balaban J connectivity index is 2.05. The first-order valence-corrected chi connectivity index (χ1v) is 8.45. The number of carbonyl (C=O) groups is 2. The van der Waals surface area contributed by atoms with Crippen LogP contribution < -0.4 is 0 Å². The summed E-state index contributed by atoms with van der Waals surface area (Å²) in [5, 5.41) is 0.967. The zero-order valence-electron chi connectivity index (χ0n) is 14.9. The first-order valence-electron chi connectivity index (χ1n) is 8.45. The van der Waals surface area contributed by atoms with Crippen LogP contribution in [0.5, 0.6) is 0 Å². The molecular weight excluding hydrogens is 330 g/mol. The Bertz CT molecular complexity index is 1020. The van der Waals surface area contributed by atoms with E-state index in [0.29, 0.717) is 0 Å². The van der Waals surface area contributed by atoms with Crippen molar-refractivity contribution in [3.05, 3.63) is 71.4 Å². The number of hydrogen-bond acceptors (Lipinski definition) is 4. The fourth-order valence-corrected chi connectivity index (χ4v) is 3.69. The van der Waals surface area contributed by atoms with Gasteiger partial charge in [-0.1, -0.05) is 48.5 Å². The third kappa shape index (κ3) is 2.14. The largest absolute Gasteiger partial charge is 0.466 e. The molecule has 132 valence electrons. The topological polar surface area (TPSA) is 57.5 Å². The number of esters is 1. The van der Waals surface area contributed by atoms with Gasteiger partial charge in [-0.05, 0) is 31.0 Å². The molecule has 26 heavy (non-hydrogen) atoms.